The summed E-state index contributed by atoms with van der Waals surface area (Å²) in [7, 11) is 2.03. The van der Waals surface area contributed by atoms with Crippen molar-refractivity contribution in [3.8, 4) is 11.3 Å². The summed E-state index contributed by atoms with van der Waals surface area (Å²) >= 11 is 3.49. The van der Waals surface area contributed by atoms with E-state index in [4.69, 9.17) is 4.42 Å². The summed E-state index contributed by atoms with van der Waals surface area (Å²) < 4.78 is 6.99. The smallest absolute Gasteiger partial charge is 0.209 e. The second kappa shape index (κ2) is 11.2. The highest BCUT2D eigenvalue weighted by Gasteiger charge is 2.20. The molecule has 1 aromatic heterocycles. The molecule has 2 heterocycles. The molecule has 1 N–H and O–H groups in total. The monoisotopic (exact) mass is 449 g/mol. The van der Waals surface area contributed by atoms with Gasteiger partial charge < -0.3 is 9.73 Å². The molecule has 4 nitrogen and oxygen atoms in total. The number of piperidine rings is 1. The molecule has 0 unspecified atom stereocenters. The van der Waals surface area contributed by atoms with E-state index in [1.54, 1.807) is 0 Å². The molecule has 0 bridgehead atoms. The van der Waals surface area contributed by atoms with E-state index in [9.17, 15) is 0 Å². The van der Waals surface area contributed by atoms with Crippen molar-refractivity contribution in [1.29, 1.82) is 0 Å². The van der Waals surface area contributed by atoms with Crippen molar-refractivity contribution in [1.82, 2.24) is 15.2 Å². The molecule has 0 saturated carbocycles. The summed E-state index contributed by atoms with van der Waals surface area (Å²) in [5.74, 6) is 2.51. The standard InChI is InChI=1S/C18H24BrN3O.2ClH/c1-20-8-5-14-6-9-22(10-7-14)13-18-21-12-17(23-18)15-3-2-4-16(19)11-15;;/h2-4,11-12,14,20H,5-10,13H2,1H3;2*1H. The zero-order chi connectivity index (χ0) is 16.1. The summed E-state index contributed by atoms with van der Waals surface area (Å²) in [5.41, 5.74) is 1.06. The van der Waals surface area contributed by atoms with Crippen LogP contribution in [0.3, 0.4) is 0 Å². The van der Waals surface area contributed by atoms with E-state index in [-0.39, 0.29) is 24.8 Å². The molecule has 7 heteroatoms. The number of likely N-dealkylation sites (tertiary alicyclic amines) is 1. The number of benzene rings is 1. The van der Waals surface area contributed by atoms with Crippen molar-refractivity contribution >= 4 is 40.7 Å². The van der Waals surface area contributed by atoms with Crippen LogP contribution < -0.4 is 5.32 Å². The van der Waals surface area contributed by atoms with Crippen LogP contribution in [-0.2, 0) is 6.54 Å². The van der Waals surface area contributed by atoms with Crippen molar-refractivity contribution in [3.63, 3.8) is 0 Å². The summed E-state index contributed by atoms with van der Waals surface area (Å²) in [6.45, 7) is 4.22. The van der Waals surface area contributed by atoms with Gasteiger partial charge in [0.25, 0.3) is 0 Å². The normalized spacial score (nSPS) is 15.4. The molecule has 0 radical (unpaired) electrons. The number of nitrogens with one attached hydrogen (secondary N) is 1. The van der Waals surface area contributed by atoms with Gasteiger partial charge >= 0.3 is 0 Å². The van der Waals surface area contributed by atoms with Gasteiger partial charge in [0.1, 0.15) is 0 Å². The van der Waals surface area contributed by atoms with Crippen LogP contribution in [0.1, 0.15) is 25.2 Å². The van der Waals surface area contributed by atoms with Gasteiger partial charge in [-0.1, -0.05) is 28.1 Å². The van der Waals surface area contributed by atoms with Crippen molar-refractivity contribution in [2.45, 2.75) is 25.8 Å². The first kappa shape index (κ1) is 22.5. The molecular formula is C18H26BrCl2N3O. The van der Waals surface area contributed by atoms with Gasteiger partial charge in [-0.3, -0.25) is 4.90 Å². The number of rotatable bonds is 6. The van der Waals surface area contributed by atoms with E-state index in [2.05, 4.69) is 37.2 Å². The van der Waals surface area contributed by atoms with Gasteiger partial charge in [0.15, 0.2) is 5.76 Å². The summed E-state index contributed by atoms with van der Waals surface area (Å²) in [5, 5.41) is 3.25. The van der Waals surface area contributed by atoms with Gasteiger partial charge in [-0.2, -0.15) is 0 Å². The Kier molecular flexibility index (Phi) is 10.1. The van der Waals surface area contributed by atoms with E-state index >= 15 is 0 Å². The Balaban J connectivity index is 0.00000156. The lowest BCUT2D eigenvalue weighted by Gasteiger charge is -2.31. The third kappa shape index (κ3) is 6.57. The number of halogens is 3. The van der Waals surface area contributed by atoms with Crippen LogP contribution in [0.5, 0.6) is 0 Å². The third-order valence-electron chi connectivity index (χ3n) is 4.53. The first-order valence-electron chi connectivity index (χ1n) is 8.32. The van der Waals surface area contributed by atoms with Crippen LogP contribution in [-0.4, -0.2) is 36.6 Å². The molecule has 0 amide bonds. The topological polar surface area (TPSA) is 41.3 Å². The Bertz CT molecular complexity index is 630. The number of nitrogens with zero attached hydrogens (tertiary/aromatic N) is 2. The van der Waals surface area contributed by atoms with Gasteiger partial charge in [-0.05, 0) is 64.0 Å². The fourth-order valence-corrected chi connectivity index (χ4v) is 3.53. The molecule has 1 saturated heterocycles. The Morgan fingerprint density at radius 2 is 2.04 bits per heavy atom. The molecule has 1 aromatic carbocycles. The number of hydrogen-bond donors (Lipinski definition) is 1. The molecule has 0 spiro atoms. The highest BCUT2D eigenvalue weighted by atomic mass is 79.9. The lowest BCUT2D eigenvalue weighted by atomic mass is 9.93. The first-order valence-corrected chi connectivity index (χ1v) is 9.11. The summed E-state index contributed by atoms with van der Waals surface area (Å²) in [4.78, 5) is 6.90. The summed E-state index contributed by atoms with van der Waals surface area (Å²) in [6.07, 6.45) is 5.68. The fourth-order valence-electron chi connectivity index (χ4n) is 3.13. The minimum atomic E-state index is 0. The Morgan fingerprint density at radius 3 is 2.72 bits per heavy atom. The highest BCUT2D eigenvalue weighted by Crippen LogP contribution is 2.25. The predicted molar refractivity (Wildman–Crippen MR) is 111 cm³/mol. The molecular weight excluding hydrogens is 425 g/mol. The number of oxazole rings is 1. The Morgan fingerprint density at radius 1 is 1.28 bits per heavy atom. The average Bonchev–Trinajstić information content (AvgIpc) is 3.03. The maximum atomic E-state index is 5.94. The molecule has 3 rings (SSSR count). The second-order valence-electron chi connectivity index (χ2n) is 6.24. The van der Waals surface area contributed by atoms with Crippen LogP contribution in [0.2, 0.25) is 0 Å². The van der Waals surface area contributed by atoms with Crippen LogP contribution in [0.25, 0.3) is 11.3 Å². The molecule has 0 atom stereocenters. The minimum Gasteiger partial charge on any atom is -0.439 e. The van der Waals surface area contributed by atoms with Crippen LogP contribution in [0.15, 0.2) is 39.4 Å². The van der Waals surface area contributed by atoms with E-state index in [1.165, 1.54) is 19.3 Å². The van der Waals surface area contributed by atoms with E-state index < -0.39 is 0 Å². The van der Waals surface area contributed by atoms with Gasteiger partial charge in [0, 0.05) is 10.0 Å². The molecule has 0 aliphatic carbocycles. The molecule has 1 fully saturated rings. The SMILES string of the molecule is CNCCC1CCN(Cc2ncc(-c3cccc(Br)c3)o2)CC1.Cl.Cl. The van der Waals surface area contributed by atoms with Crippen LogP contribution in [0.4, 0.5) is 0 Å². The van der Waals surface area contributed by atoms with Gasteiger partial charge in [0.2, 0.25) is 5.89 Å². The minimum absolute atomic E-state index is 0. The van der Waals surface area contributed by atoms with E-state index in [0.717, 1.165) is 53.8 Å². The maximum Gasteiger partial charge on any atom is 0.209 e. The molecule has 140 valence electrons. The Hall–Kier alpha value is -0.590. The highest BCUT2D eigenvalue weighted by molar-refractivity contribution is 9.10. The molecule has 1 aliphatic heterocycles. The second-order valence-corrected chi connectivity index (χ2v) is 7.16. The Labute approximate surface area is 170 Å². The molecule has 25 heavy (non-hydrogen) atoms. The van der Waals surface area contributed by atoms with Crippen molar-refractivity contribution < 1.29 is 4.42 Å². The van der Waals surface area contributed by atoms with Crippen molar-refractivity contribution in [2.24, 2.45) is 5.92 Å². The lowest BCUT2D eigenvalue weighted by molar-refractivity contribution is 0.160. The van der Waals surface area contributed by atoms with Crippen LogP contribution >= 0.6 is 40.7 Å². The maximum absolute atomic E-state index is 5.94. The largest absolute Gasteiger partial charge is 0.439 e. The molecule has 1 aliphatic rings. The third-order valence-corrected chi connectivity index (χ3v) is 5.02. The predicted octanol–water partition coefficient (Wildman–Crippen LogP) is 4.77. The average molecular weight is 451 g/mol. The zero-order valence-corrected chi connectivity index (χ0v) is 17.6. The summed E-state index contributed by atoms with van der Waals surface area (Å²) in [6, 6.07) is 8.12. The van der Waals surface area contributed by atoms with E-state index in [0.29, 0.717) is 0 Å². The van der Waals surface area contributed by atoms with Gasteiger partial charge in [0.05, 0.1) is 12.7 Å². The van der Waals surface area contributed by atoms with Crippen LogP contribution in [0, 0.1) is 5.92 Å². The van der Waals surface area contributed by atoms with Gasteiger partial charge in [-0.15, -0.1) is 24.8 Å². The lowest BCUT2D eigenvalue weighted by Crippen LogP contribution is -2.34. The van der Waals surface area contributed by atoms with Crippen molar-refractivity contribution in [3.05, 3.63) is 40.8 Å². The number of aromatic nitrogens is 1. The number of hydrogen-bond acceptors (Lipinski definition) is 4. The van der Waals surface area contributed by atoms with Crippen molar-refractivity contribution in [2.75, 3.05) is 26.7 Å². The van der Waals surface area contributed by atoms with Gasteiger partial charge in [-0.25, -0.2) is 4.98 Å². The fraction of sp³-hybridized carbons (Fsp3) is 0.500. The van der Waals surface area contributed by atoms with E-state index in [1.807, 2.05) is 31.4 Å². The quantitative estimate of drug-likeness (QED) is 0.688. The first-order chi connectivity index (χ1) is 11.2. The molecule has 2 aromatic rings. The zero-order valence-electron chi connectivity index (χ0n) is 14.4.